The van der Waals surface area contributed by atoms with Gasteiger partial charge in [0.2, 0.25) is 0 Å². The highest BCUT2D eigenvalue weighted by atomic mass is 19.1. The van der Waals surface area contributed by atoms with Gasteiger partial charge in [-0.1, -0.05) is 31.0 Å². The molecule has 132 valence electrons. The van der Waals surface area contributed by atoms with Gasteiger partial charge in [0.1, 0.15) is 22.9 Å². The molecule has 0 bridgehead atoms. The molecule has 2 aromatic rings. The molecule has 0 saturated heterocycles. The van der Waals surface area contributed by atoms with Gasteiger partial charge in [0.25, 0.3) is 5.91 Å². The monoisotopic (exact) mass is 345 g/mol. The topological polar surface area (TPSA) is 38.3 Å². The number of nitrogens with one attached hydrogen (secondary N) is 1. The van der Waals surface area contributed by atoms with Gasteiger partial charge in [-0.05, 0) is 42.7 Å². The molecule has 1 N–H and O–H groups in total. The van der Waals surface area contributed by atoms with Crippen molar-refractivity contribution in [1.29, 1.82) is 0 Å². The zero-order valence-corrected chi connectivity index (χ0v) is 14.1. The smallest absolute Gasteiger partial charge is 0.257 e. The molecule has 1 aliphatic carbocycles. The predicted octanol–water partition coefficient (Wildman–Crippen LogP) is 4.22. The first-order chi connectivity index (χ1) is 12.1. The molecule has 0 aliphatic heterocycles. The van der Waals surface area contributed by atoms with Crippen LogP contribution < -0.4 is 10.1 Å². The van der Waals surface area contributed by atoms with Crippen LogP contribution in [0, 0.1) is 11.6 Å². The van der Waals surface area contributed by atoms with Gasteiger partial charge in [-0.15, -0.1) is 0 Å². The lowest BCUT2D eigenvalue weighted by atomic mass is 9.78. The summed E-state index contributed by atoms with van der Waals surface area (Å²) in [7, 11) is 1.61. The number of ether oxygens (including phenoxy) is 1. The highest BCUT2D eigenvalue weighted by Crippen LogP contribution is 2.41. The minimum Gasteiger partial charge on any atom is -0.497 e. The van der Waals surface area contributed by atoms with Gasteiger partial charge < -0.3 is 10.1 Å². The largest absolute Gasteiger partial charge is 0.497 e. The number of amides is 1. The van der Waals surface area contributed by atoms with Crippen molar-refractivity contribution in [2.75, 3.05) is 13.7 Å². The van der Waals surface area contributed by atoms with Gasteiger partial charge in [-0.3, -0.25) is 4.79 Å². The highest BCUT2D eigenvalue weighted by Gasteiger charge is 2.36. The lowest BCUT2D eigenvalue weighted by Gasteiger charge is -2.30. The summed E-state index contributed by atoms with van der Waals surface area (Å²) in [6.45, 7) is 0.353. The van der Waals surface area contributed by atoms with Crippen LogP contribution in [0.25, 0.3) is 0 Å². The molecule has 0 radical (unpaired) electrons. The molecule has 3 rings (SSSR count). The van der Waals surface area contributed by atoms with Gasteiger partial charge in [0.05, 0.1) is 7.11 Å². The minimum atomic E-state index is -0.845. The van der Waals surface area contributed by atoms with Crippen LogP contribution in [0.4, 0.5) is 8.78 Å². The average Bonchev–Trinajstić information content (AvgIpc) is 3.10. The fourth-order valence-electron chi connectivity index (χ4n) is 3.62. The number of hydrogen-bond donors (Lipinski definition) is 1. The normalized spacial score (nSPS) is 15.8. The first-order valence-electron chi connectivity index (χ1n) is 8.42. The van der Waals surface area contributed by atoms with Crippen molar-refractivity contribution < 1.29 is 18.3 Å². The number of carbonyl (C=O) groups is 1. The Balaban J connectivity index is 1.79. The van der Waals surface area contributed by atoms with E-state index in [0.29, 0.717) is 6.54 Å². The molecule has 1 fully saturated rings. The molecule has 3 nitrogen and oxygen atoms in total. The Morgan fingerprint density at radius 3 is 2.24 bits per heavy atom. The van der Waals surface area contributed by atoms with Crippen molar-refractivity contribution in [2.45, 2.75) is 31.1 Å². The van der Waals surface area contributed by atoms with Crippen molar-refractivity contribution in [3.8, 4) is 5.75 Å². The third-order valence-corrected chi connectivity index (χ3v) is 5.04. The zero-order chi connectivity index (χ0) is 17.9. The summed E-state index contributed by atoms with van der Waals surface area (Å²) in [6, 6.07) is 11.2. The van der Waals surface area contributed by atoms with Crippen LogP contribution in [0.1, 0.15) is 41.6 Å². The number of methoxy groups -OCH3 is 1. The fraction of sp³-hybridized carbons (Fsp3) is 0.350. The van der Waals surface area contributed by atoms with Crippen molar-refractivity contribution in [3.63, 3.8) is 0 Å². The van der Waals surface area contributed by atoms with Crippen molar-refractivity contribution in [1.82, 2.24) is 5.32 Å². The Bertz CT molecular complexity index is 733. The van der Waals surface area contributed by atoms with Gasteiger partial charge in [-0.2, -0.15) is 0 Å². The summed E-state index contributed by atoms with van der Waals surface area (Å²) in [5, 5.41) is 2.74. The maximum Gasteiger partial charge on any atom is 0.257 e. The Morgan fingerprint density at radius 2 is 1.68 bits per heavy atom. The standard InChI is InChI=1S/C20H21F2NO2/c1-25-15-9-7-14(8-10-15)20(11-2-3-12-20)13-23-19(24)18-16(21)5-4-6-17(18)22/h4-10H,2-3,11-13H2,1H3,(H,23,24). The van der Waals surface area contributed by atoms with Crippen molar-refractivity contribution >= 4 is 5.91 Å². The summed E-state index contributed by atoms with van der Waals surface area (Å²) >= 11 is 0. The summed E-state index contributed by atoms with van der Waals surface area (Å²) in [4.78, 5) is 12.3. The molecule has 25 heavy (non-hydrogen) atoms. The van der Waals surface area contributed by atoms with Gasteiger partial charge in [0.15, 0.2) is 0 Å². The third kappa shape index (κ3) is 3.50. The van der Waals surface area contributed by atoms with Crippen LogP contribution in [0.3, 0.4) is 0 Å². The number of carbonyl (C=O) groups excluding carboxylic acids is 1. The second kappa shape index (κ2) is 7.21. The van der Waals surface area contributed by atoms with E-state index in [-0.39, 0.29) is 5.41 Å². The van der Waals surface area contributed by atoms with E-state index in [1.54, 1.807) is 7.11 Å². The lowest BCUT2D eigenvalue weighted by Crippen LogP contribution is -2.39. The lowest BCUT2D eigenvalue weighted by molar-refractivity contribution is 0.0934. The van der Waals surface area contributed by atoms with Crippen LogP contribution in [0.5, 0.6) is 5.75 Å². The average molecular weight is 345 g/mol. The quantitative estimate of drug-likeness (QED) is 0.881. The van der Waals surface area contributed by atoms with E-state index in [1.807, 2.05) is 24.3 Å². The summed E-state index contributed by atoms with van der Waals surface area (Å²) < 4.78 is 32.8. The highest BCUT2D eigenvalue weighted by molar-refractivity contribution is 5.94. The summed E-state index contributed by atoms with van der Waals surface area (Å²) in [6.07, 6.45) is 3.99. The summed E-state index contributed by atoms with van der Waals surface area (Å²) in [5.74, 6) is -1.63. The van der Waals surface area contributed by atoms with Crippen LogP contribution in [-0.4, -0.2) is 19.6 Å². The minimum absolute atomic E-state index is 0.205. The van der Waals surface area contributed by atoms with Gasteiger partial charge in [0, 0.05) is 12.0 Å². The van der Waals surface area contributed by atoms with Crippen molar-refractivity contribution in [2.24, 2.45) is 0 Å². The molecule has 1 aliphatic rings. The molecule has 0 heterocycles. The molecular formula is C20H21F2NO2. The third-order valence-electron chi connectivity index (χ3n) is 5.04. The van der Waals surface area contributed by atoms with E-state index in [4.69, 9.17) is 4.74 Å². The number of hydrogen-bond acceptors (Lipinski definition) is 2. The Labute approximate surface area is 146 Å². The van der Waals surface area contributed by atoms with E-state index >= 15 is 0 Å². The second-order valence-corrected chi connectivity index (χ2v) is 6.50. The maximum atomic E-state index is 13.8. The van der Waals surface area contributed by atoms with Crippen LogP contribution in [0.15, 0.2) is 42.5 Å². The molecule has 1 saturated carbocycles. The zero-order valence-electron chi connectivity index (χ0n) is 14.1. The van der Waals surface area contributed by atoms with E-state index < -0.39 is 23.1 Å². The Hall–Kier alpha value is -2.43. The van der Waals surface area contributed by atoms with Crippen LogP contribution >= 0.6 is 0 Å². The van der Waals surface area contributed by atoms with Gasteiger partial charge in [-0.25, -0.2) is 8.78 Å². The Morgan fingerprint density at radius 1 is 1.08 bits per heavy atom. The Kier molecular flexibility index (Phi) is 5.02. The molecular weight excluding hydrogens is 324 g/mol. The molecule has 0 spiro atoms. The van der Waals surface area contributed by atoms with Crippen LogP contribution in [-0.2, 0) is 5.41 Å². The second-order valence-electron chi connectivity index (χ2n) is 6.50. The van der Waals surface area contributed by atoms with Crippen LogP contribution in [0.2, 0.25) is 0 Å². The summed E-state index contributed by atoms with van der Waals surface area (Å²) in [5.41, 5.74) is 0.384. The first kappa shape index (κ1) is 17.4. The van der Waals surface area contributed by atoms with E-state index in [9.17, 15) is 13.6 Å². The molecule has 0 atom stereocenters. The molecule has 2 aromatic carbocycles. The molecule has 1 amide bonds. The van der Waals surface area contributed by atoms with E-state index in [2.05, 4.69) is 5.32 Å². The fourth-order valence-corrected chi connectivity index (χ4v) is 3.62. The van der Waals surface area contributed by atoms with E-state index in [1.165, 1.54) is 6.07 Å². The maximum absolute atomic E-state index is 13.8. The number of rotatable bonds is 5. The predicted molar refractivity (Wildman–Crippen MR) is 91.8 cm³/mol. The molecule has 0 aromatic heterocycles. The van der Waals surface area contributed by atoms with Gasteiger partial charge >= 0.3 is 0 Å². The number of benzene rings is 2. The number of halogens is 2. The molecule has 0 unspecified atom stereocenters. The van der Waals surface area contributed by atoms with E-state index in [0.717, 1.165) is 49.1 Å². The molecule has 5 heteroatoms. The van der Waals surface area contributed by atoms with Crippen molar-refractivity contribution in [3.05, 3.63) is 65.2 Å². The first-order valence-corrected chi connectivity index (χ1v) is 8.42. The SMILES string of the molecule is COc1ccc(C2(CNC(=O)c3c(F)cccc3F)CCCC2)cc1.